The second-order valence-electron chi connectivity index (χ2n) is 5.57. The first-order valence-electron chi connectivity index (χ1n) is 6.18. The predicted molar refractivity (Wildman–Crippen MR) is 76.3 cm³/mol. The molecule has 0 aromatic heterocycles. The molecule has 1 rings (SSSR count). The van der Waals surface area contributed by atoms with E-state index in [4.69, 9.17) is 0 Å². The zero-order valence-electron chi connectivity index (χ0n) is 12.0. The molecular formula is C14H20N2O4. The highest BCUT2D eigenvalue weighted by atomic mass is 16.3. The van der Waals surface area contributed by atoms with Crippen LogP contribution in [0.15, 0.2) is 24.3 Å². The number of carbonyl (C=O) groups excluding carboxylic acids is 2. The fourth-order valence-corrected chi connectivity index (χ4v) is 1.25. The van der Waals surface area contributed by atoms with Crippen molar-refractivity contribution in [3.8, 4) is 0 Å². The molecule has 0 saturated heterocycles. The number of anilines is 2. The first-order valence-corrected chi connectivity index (χ1v) is 6.18. The number of para-hydroxylation sites is 2. The lowest BCUT2D eigenvalue weighted by Gasteiger charge is -2.21. The Morgan fingerprint density at radius 3 is 1.40 bits per heavy atom. The zero-order chi connectivity index (χ0) is 15.6. The molecule has 0 aliphatic rings. The second kappa shape index (κ2) is 5.60. The summed E-state index contributed by atoms with van der Waals surface area (Å²) in [5, 5.41) is 24.3. The quantitative estimate of drug-likeness (QED) is 0.664. The Balaban J connectivity index is 2.95. The summed E-state index contributed by atoms with van der Waals surface area (Å²) in [6.45, 7) is 5.45. The number of rotatable bonds is 4. The van der Waals surface area contributed by atoms with Crippen LogP contribution in [0, 0.1) is 0 Å². The number of hydrogen-bond donors (Lipinski definition) is 4. The van der Waals surface area contributed by atoms with Crippen molar-refractivity contribution in [3.05, 3.63) is 24.3 Å². The van der Waals surface area contributed by atoms with E-state index in [1.807, 2.05) is 0 Å². The number of hydrogen-bond acceptors (Lipinski definition) is 4. The minimum absolute atomic E-state index is 0.345. The van der Waals surface area contributed by atoms with Gasteiger partial charge < -0.3 is 20.8 Å². The van der Waals surface area contributed by atoms with Crippen molar-refractivity contribution >= 4 is 23.2 Å². The Kier molecular flexibility index (Phi) is 4.52. The van der Waals surface area contributed by atoms with Crippen LogP contribution in [-0.2, 0) is 9.59 Å². The van der Waals surface area contributed by atoms with Crippen molar-refractivity contribution in [1.29, 1.82) is 0 Å². The maximum Gasteiger partial charge on any atom is 0.255 e. The van der Waals surface area contributed by atoms with Gasteiger partial charge in [-0.1, -0.05) is 12.1 Å². The van der Waals surface area contributed by atoms with Crippen molar-refractivity contribution in [1.82, 2.24) is 0 Å². The van der Waals surface area contributed by atoms with Crippen molar-refractivity contribution < 1.29 is 19.8 Å². The topological polar surface area (TPSA) is 98.7 Å². The van der Waals surface area contributed by atoms with Gasteiger partial charge in [0, 0.05) is 0 Å². The summed E-state index contributed by atoms with van der Waals surface area (Å²) in [5.74, 6) is -1.19. The second-order valence-corrected chi connectivity index (χ2v) is 5.57. The molecule has 0 radical (unpaired) electrons. The predicted octanol–water partition coefficient (Wildman–Crippen LogP) is 1.11. The fourth-order valence-electron chi connectivity index (χ4n) is 1.25. The normalized spacial score (nSPS) is 11.9. The number of carbonyl (C=O) groups is 2. The maximum absolute atomic E-state index is 11.7. The Bertz CT molecular complexity index is 466. The van der Waals surface area contributed by atoms with Crippen LogP contribution in [0.1, 0.15) is 27.7 Å². The minimum Gasteiger partial charge on any atom is -0.381 e. The molecular weight excluding hydrogens is 260 g/mol. The van der Waals surface area contributed by atoms with Crippen LogP contribution in [-0.4, -0.2) is 33.2 Å². The van der Waals surface area contributed by atoms with E-state index >= 15 is 0 Å². The highest BCUT2D eigenvalue weighted by molar-refractivity contribution is 6.03. The molecule has 20 heavy (non-hydrogen) atoms. The molecule has 0 fully saturated rings. The third-order valence-electron chi connectivity index (χ3n) is 2.53. The molecule has 1 aromatic carbocycles. The van der Waals surface area contributed by atoms with E-state index in [-0.39, 0.29) is 0 Å². The molecule has 1 aromatic rings. The summed E-state index contributed by atoms with van der Waals surface area (Å²) >= 11 is 0. The number of amides is 2. The molecule has 6 heteroatoms. The van der Waals surface area contributed by atoms with E-state index in [0.29, 0.717) is 11.4 Å². The molecule has 0 heterocycles. The van der Waals surface area contributed by atoms with Crippen LogP contribution in [0.2, 0.25) is 0 Å². The van der Waals surface area contributed by atoms with Gasteiger partial charge in [-0.2, -0.15) is 0 Å². The highest BCUT2D eigenvalue weighted by Gasteiger charge is 2.26. The van der Waals surface area contributed by atoms with Gasteiger partial charge in [0.05, 0.1) is 11.4 Å². The molecule has 0 bridgehead atoms. The van der Waals surface area contributed by atoms with Crippen molar-refractivity contribution in [2.24, 2.45) is 0 Å². The monoisotopic (exact) mass is 280 g/mol. The fraction of sp³-hybridized carbons (Fsp3) is 0.429. The summed E-state index contributed by atoms with van der Waals surface area (Å²) in [7, 11) is 0. The van der Waals surface area contributed by atoms with Gasteiger partial charge in [-0.25, -0.2) is 0 Å². The van der Waals surface area contributed by atoms with Gasteiger partial charge in [-0.15, -0.1) is 0 Å². The number of nitrogens with one attached hydrogen (secondary N) is 2. The Morgan fingerprint density at radius 1 is 0.850 bits per heavy atom. The summed E-state index contributed by atoms with van der Waals surface area (Å²) in [5.41, 5.74) is -2.38. The Morgan fingerprint density at radius 2 is 1.15 bits per heavy atom. The molecule has 6 nitrogen and oxygen atoms in total. The standard InChI is InChI=1S/C14H20N2O4/c1-13(2,19)11(17)15-9-7-5-6-8-10(9)16-12(18)14(3,4)20/h5-8,19-20H,1-4H3,(H,15,17)(H,16,18). The summed E-state index contributed by atoms with van der Waals surface area (Å²) in [6, 6.07) is 6.53. The molecule has 2 amide bonds. The van der Waals surface area contributed by atoms with Crippen molar-refractivity contribution in [2.75, 3.05) is 10.6 Å². The van der Waals surface area contributed by atoms with Crippen LogP contribution >= 0.6 is 0 Å². The Hall–Kier alpha value is -1.92. The first-order chi connectivity index (χ1) is 9.01. The zero-order valence-corrected chi connectivity index (χ0v) is 12.0. The Labute approximate surface area is 117 Å². The molecule has 4 N–H and O–H groups in total. The van der Waals surface area contributed by atoms with Gasteiger partial charge in [-0.3, -0.25) is 9.59 Å². The van der Waals surface area contributed by atoms with E-state index in [1.165, 1.54) is 27.7 Å². The summed E-state index contributed by atoms with van der Waals surface area (Å²) in [6.07, 6.45) is 0. The maximum atomic E-state index is 11.7. The van der Waals surface area contributed by atoms with Crippen molar-refractivity contribution in [3.63, 3.8) is 0 Å². The van der Waals surface area contributed by atoms with E-state index in [9.17, 15) is 19.8 Å². The largest absolute Gasteiger partial charge is 0.381 e. The lowest BCUT2D eigenvalue weighted by Crippen LogP contribution is -2.38. The third kappa shape index (κ3) is 4.32. The lowest BCUT2D eigenvalue weighted by atomic mass is 10.1. The average molecular weight is 280 g/mol. The van der Waals surface area contributed by atoms with Crippen LogP contribution in [0.5, 0.6) is 0 Å². The van der Waals surface area contributed by atoms with E-state index in [2.05, 4.69) is 10.6 Å². The smallest absolute Gasteiger partial charge is 0.255 e. The van der Waals surface area contributed by atoms with Gasteiger partial charge in [0.1, 0.15) is 11.2 Å². The van der Waals surface area contributed by atoms with Crippen LogP contribution in [0.4, 0.5) is 11.4 Å². The lowest BCUT2D eigenvalue weighted by molar-refractivity contribution is -0.131. The SMILES string of the molecule is CC(C)(O)C(=O)Nc1ccccc1NC(=O)C(C)(C)O. The first kappa shape index (κ1) is 16.1. The number of aliphatic hydroxyl groups is 2. The third-order valence-corrected chi connectivity index (χ3v) is 2.53. The molecule has 0 aliphatic heterocycles. The average Bonchev–Trinajstić information content (AvgIpc) is 2.29. The number of benzene rings is 1. The van der Waals surface area contributed by atoms with E-state index in [1.54, 1.807) is 24.3 Å². The van der Waals surface area contributed by atoms with E-state index in [0.717, 1.165) is 0 Å². The van der Waals surface area contributed by atoms with E-state index < -0.39 is 23.0 Å². The van der Waals surface area contributed by atoms with Gasteiger partial charge in [-0.05, 0) is 39.8 Å². The van der Waals surface area contributed by atoms with Crippen molar-refractivity contribution in [2.45, 2.75) is 38.9 Å². The van der Waals surface area contributed by atoms with Gasteiger partial charge in [0.2, 0.25) is 0 Å². The molecule has 0 atom stereocenters. The van der Waals surface area contributed by atoms with Crippen LogP contribution < -0.4 is 10.6 Å². The molecule has 0 spiro atoms. The summed E-state index contributed by atoms with van der Waals surface area (Å²) in [4.78, 5) is 23.5. The van der Waals surface area contributed by atoms with Gasteiger partial charge in [0.15, 0.2) is 0 Å². The minimum atomic E-state index is -1.53. The van der Waals surface area contributed by atoms with Gasteiger partial charge >= 0.3 is 0 Å². The summed E-state index contributed by atoms with van der Waals surface area (Å²) < 4.78 is 0. The molecule has 0 saturated carbocycles. The van der Waals surface area contributed by atoms with Gasteiger partial charge in [0.25, 0.3) is 11.8 Å². The molecule has 0 aliphatic carbocycles. The molecule has 0 unspecified atom stereocenters. The van der Waals surface area contributed by atoms with Crippen LogP contribution in [0.25, 0.3) is 0 Å². The highest BCUT2D eigenvalue weighted by Crippen LogP contribution is 2.23. The van der Waals surface area contributed by atoms with Crippen LogP contribution in [0.3, 0.4) is 0 Å². The molecule has 110 valence electrons.